The number of nitrogens with one attached hydrogen (secondary N) is 1. The highest BCUT2D eigenvalue weighted by atomic mass is 32.2. The Bertz CT molecular complexity index is 384. The third-order valence-electron chi connectivity index (χ3n) is 3.29. The standard InChI is InChI=1S/C11H21N3O2S/c1-4-11(7-12)17(15,16)13-8-9(2)14(3)10-5-6-10/h9-11,13H,4-6,8H2,1-3H3. The normalized spacial score (nSPS) is 19.9. The minimum atomic E-state index is -3.49. The molecule has 0 heterocycles. The molecule has 6 heteroatoms. The van der Waals surface area contributed by atoms with Gasteiger partial charge in [0.15, 0.2) is 5.25 Å². The van der Waals surface area contributed by atoms with Crippen LogP contribution in [0.2, 0.25) is 0 Å². The Morgan fingerprint density at radius 1 is 1.53 bits per heavy atom. The zero-order valence-electron chi connectivity index (χ0n) is 10.7. The Kier molecular flexibility index (Phi) is 4.92. The van der Waals surface area contributed by atoms with Crippen molar-refractivity contribution in [2.45, 2.75) is 50.4 Å². The molecule has 0 spiro atoms. The Labute approximate surface area is 104 Å². The summed E-state index contributed by atoms with van der Waals surface area (Å²) in [4.78, 5) is 2.19. The second-order valence-corrected chi connectivity index (χ2v) is 6.61. The maximum atomic E-state index is 11.8. The van der Waals surface area contributed by atoms with E-state index in [1.54, 1.807) is 6.92 Å². The van der Waals surface area contributed by atoms with Gasteiger partial charge >= 0.3 is 0 Å². The van der Waals surface area contributed by atoms with Gasteiger partial charge in [0.2, 0.25) is 10.0 Å². The summed E-state index contributed by atoms with van der Waals surface area (Å²) >= 11 is 0. The van der Waals surface area contributed by atoms with Gasteiger partial charge in [0, 0.05) is 18.6 Å². The molecular weight excluding hydrogens is 238 g/mol. The summed E-state index contributed by atoms with van der Waals surface area (Å²) in [6.07, 6.45) is 2.71. The molecule has 0 radical (unpaired) electrons. The van der Waals surface area contributed by atoms with Gasteiger partial charge in [-0.05, 0) is 33.2 Å². The molecule has 0 aromatic heterocycles. The first kappa shape index (κ1) is 14.4. The van der Waals surface area contributed by atoms with Gasteiger partial charge < -0.3 is 0 Å². The van der Waals surface area contributed by atoms with E-state index in [1.807, 2.05) is 20.0 Å². The molecule has 0 aromatic rings. The van der Waals surface area contributed by atoms with Gasteiger partial charge in [-0.2, -0.15) is 5.26 Å². The first-order valence-corrected chi connectivity index (χ1v) is 7.57. The molecule has 1 aliphatic rings. The summed E-state index contributed by atoms with van der Waals surface area (Å²) in [6, 6.07) is 2.58. The third-order valence-corrected chi connectivity index (χ3v) is 5.04. The molecule has 0 bridgehead atoms. The quantitative estimate of drug-likeness (QED) is 0.730. The lowest BCUT2D eigenvalue weighted by Gasteiger charge is -2.24. The molecule has 1 aliphatic carbocycles. The lowest BCUT2D eigenvalue weighted by atomic mass is 10.3. The second kappa shape index (κ2) is 5.80. The van der Waals surface area contributed by atoms with E-state index in [4.69, 9.17) is 5.26 Å². The Morgan fingerprint density at radius 3 is 2.53 bits per heavy atom. The number of sulfonamides is 1. The number of nitrogens with zero attached hydrogens (tertiary/aromatic N) is 2. The molecule has 1 rings (SSSR count). The maximum Gasteiger partial charge on any atom is 0.228 e. The van der Waals surface area contributed by atoms with Crippen LogP contribution in [0.15, 0.2) is 0 Å². The van der Waals surface area contributed by atoms with Crippen LogP contribution in [-0.4, -0.2) is 44.2 Å². The first-order chi connectivity index (χ1) is 7.92. The van der Waals surface area contributed by atoms with E-state index in [0.717, 1.165) is 0 Å². The van der Waals surface area contributed by atoms with E-state index in [9.17, 15) is 8.42 Å². The minimum Gasteiger partial charge on any atom is -0.299 e. The summed E-state index contributed by atoms with van der Waals surface area (Å²) in [6.45, 7) is 4.06. The van der Waals surface area contributed by atoms with Crippen LogP contribution in [0.1, 0.15) is 33.1 Å². The molecule has 17 heavy (non-hydrogen) atoms. The fraction of sp³-hybridized carbons (Fsp3) is 0.909. The van der Waals surface area contributed by atoms with Crippen LogP contribution in [0.4, 0.5) is 0 Å². The monoisotopic (exact) mass is 259 g/mol. The molecule has 2 atom stereocenters. The topological polar surface area (TPSA) is 73.2 Å². The van der Waals surface area contributed by atoms with Crippen molar-refractivity contribution in [3.8, 4) is 6.07 Å². The van der Waals surface area contributed by atoms with Crippen LogP contribution in [0.3, 0.4) is 0 Å². The Hall–Kier alpha value is -0.640. The lowest BCUT2D eigenvalue weighted by Crippen LogP contribution is -2.43. The first-order valence-electron chi connectivity index (χ1n) is 6.02. The van der Waals surface area contributed by atoms with E-state index < -0.39 is 15.3 Å². The Balaban J connectivity index is 2.46. The van der Waals surface area contributed by atoms with Crippen molar-refractivity contribution in [2.24, 2.45) is 0 Å². The molecule has 0 aromatic carbocycles. The largest absolute Gasteiger partial charge is 0.299 e. The van der Waals surface area contributed by atoms with Crippen molar-refractivity contribution in [1.29, 1.82) is 5.26 Å². The van der Waals surface area contributed by atoms with Gasteiger partial charge in [0.1, 0.15) is 0 Å². The molecule has 0 saturated heterocycles. The minimum absolute atomic E-state index is 0.161. The van der Waals surface area contributed by atoms with E-state index in [1.165, 1.54) is 12.8 Å². The number of rotatable bonds is 7. The maximum absolute atomic E-state index is 11.8. The highest BCUT2D eigenvalue weighted by Gasteiger charge is 2.30. The van der Waals surface area contributed by atoms with Crippen LogP contribution in [0.5, 0.6) is 0 Å². The van der Waals surface area contributed by atoms with Crippen molar-refractivity contribution < 1.29 is 8.42 Å². The molecule has 0 amide bonds. The summed E-state index contributed by atoms with van der Waals surface area (Å²) in [5.41, 5.74) is 0. The molecule has 2 unspecified atom stereocenters. The average Bonchev–Trinajstić information content (AvgIpc) is 3.10. The summed E-state index contributed by atoms with van der Waals surface area (Å²) < 4.78 is 26.0. The number of hydrogen-bond acceptors (Lipinski definition) is 4. The number of likely N-dealkylation sites (N-methyl/N-ethyl adjacent to an activating group) is 1. The van der Waals surface area contributed by atoms with Crippen LogP contribution < -0.4 is 4.72 Å². The SMILES string of the molecule is CCC(C#N)S(=O)(=O)NCC(C)N(C)C1CC1. The van der Waals surface area contributed by atoms with Crippen molar-refractivity contribution in [1.82, 2.24) is 9.62 Å². The molecule has 1 saturated carbocycles. The predicted octanol–water partition coefficient (Wildman–Crippen LogP) is 0.691. The zero-order chi connectivity index (χ0) is 13.1. The number of hydrogen-bond donors (Lipinski definition) is 1. The lowest BCUT2D eigenvalue weighted by molar-refractivity contribution is 0.248. The van der Waals surface area contributed by atoms with E-state index in [-0.39, 0.29) is 6.04 Å². The van der Waals surface area contributed by atoms with Gasteiger partial charge in [0.05, 0.1) is 6.07 Å². The van der Waals surface area contributed by atoms with E-state index >= 15 is 0 Å². The predicted molar refractivity (Wildman–Crippen MR) is 66.9 cm³/mol. The third kappa shape index (κ3) is 3.95. The average molecular weight is 259 g/mol. The van der Waals surface area contributed by atoms with E-state index in [0.29, 0.717) is 19.0 Å². The molecular formula is C11H21N3O2S. The van der Waals surface area contributed by atoms with Crippen molar-refractivity contribution in [3.05, 3.63) is 0 Å². The van der Waals surface area contributed by atoms with Gasteiger partial charge in [0.25, 0.3) is 0 Å². The van der Waals surface area contributed by atoms with E-state index in [2.05, 4.69) is 9.62 Å². The Morgan fingerprint density at radius 2 is 2.12 bits per heavy atom. The number of nitriles is 1. The molecule has 0 aliphatic heterocycles. The fourth-order valence-electron chi connectivity index (χ4n) is 1.70. The van der Waals surface area contributed by atoms with Gasteiger partial charge in [-0.15, -0.1) is 0 Å². The smallest absolute Gasteiger partial charge is 0.228 e. The van der Waals surface area contributed by atoms with Gasteiger partial charge in [-0.3, -0.25) is 4.90 Å². The molecule has 1 N–H and O–H groups in total. The van der Waals surface area contributed by atoms with Crippen LogP contribution >= 0.6 is 0 Å². The van der Waals surface area contributed by atoms with Crippen molar-refractivity contribution in [3.63, 3.8) is 0 Å². The van der Waals surface area contributed by atoms with Gasteiger partial charge in [-0.1, -0.05) is 6.92 Å². The highest BCUT2D eigenvalue weighted by molar-refractivity contribution is 7.90. The van der Waals surface area contributed by atoms with Gasteiger partial charge in [-0.25, -0.2) is 13.1 Å². The zero-order valence-corrected chi connectivity index (χ0v) is 11.5. The van der Waals surface area contributed by atoms with Crippen LogP contribution in [-0.2, 0) is 10.0 Å². The highest BCUT2D eigenvalue weighted by Crippen LogP contribution is 2.26. The molecule has 98 valence electrons. The summed E-state index contributed by atoms with van der Waals surface area (Å²) in [7, 11) is -1.48. The second-order valence-electron chi connectivity index (χ2n) is 4.67. The molecule has 5 nitrogen and oxygen atoms in total. The summed E-state index contributed by atoms with van der Waals surface area (Å²) in [5.74, 6) is 0. The van der Waals surface area contributed by atoms with Crippen molar-refractivity contribution >= 4 is 10.0 Å². The van der Waals surface area contributed by atoms with Crippen LogP contribution in [0, 0.1) is 11.3 Å². The van der Waals surface area contributed by atoms with Crippen molar-refractivity contribution in [2.75, 3.05) is 13.6 Å². The summed E-state index contributed by atoms with van der Waals surface area (Å²) in [5, 5.41) is 7.81. The molecule has 1 fully saturated rings. The van der Waals surface area contributed by atoms with Crippen LogP contribution in [0.25, 0.3) is 0 Å². The fourth-order valence-corrected chi connectivity index (χ4v) is 2.96.